The van der Waals surface area contributed by atoms with Gasteiger partial charge < -0.3 is 4.57 Å². The normalized spacial score (nSPS) is 11.6. The third-order valence-corrected chi connectivity index (χ3v) is 4.99. The van der Waals surface area contributed by atoms with Gasteiger partial charge in [0.05, 0.1) is 17.4 Å². The highest BCUT2D eigenvalue weighted by Gasteiger charge is 2.08. The summed E-state index contributed by atoms with van der Waals surface area (Å²) >= 11 is 0. The van der Waals surface area contributed by atoms with Crippen molar-refractivity contribution in [3.63, 3.8) is 0 Å². The molecule has 0 saturated carbocycles. The highest BCUT2D eigenvalue weighted by Crippen LogP contribution is 2.18. The minimum atomic E-state index is -2.90. The third-order valence-electron chi connectivity index (χ3n) is 3.20. The summed E-state index contributed by atoms with van der Waals surface area (Å²) in [5, 5.41) is 9.97. The van der Waals surface area contributed by atoms with Gasteiger partial charge in [0.25, 0.3) is 0 Å². The molecular formula is C14H16N2O2S. The number of nitriles is 1. The number of fused-ring (bicyclic) bond motifs is 1. The molecule has 2 aromatic rings. The van der Waals surface area contributed by atoms with E-state index in [1.165, 1.54) is 0 Å². The van der Waals surface area contributed by atoms with Gasteiger partial charge in [-0.2, -0.15) is 5.26 Å². The summed E-state index contributed by atoms with van der Waals surface area (Å²) in [5.74, 6) is 0.402. The van der Waals surface area contributed by atoms with Gasteiger partial charge in [-0.25, -0.2) is 8.42 Å². The summed E-state index contributed by atoms with van der Waals surface area (Å²) in [6.07, 6.45) is 2.53. The number of sulfone groups is 1. The van der Waals surface area contributed by atoms with Crippen molar-refractivity contribution in [2.75, 3.05) is 11.5 Å². The zero-order valence-corrected chi connectivity index (χ0v) is 11.7. The molecule has 5 heteroatoms. The minimum absolute atomic E-state index is 0.192. The first kappa shape index (κ1) is 13.6. The number of benzene rings is 1. The van der Waals surface area contributed by atoms with E-state index in [2.05, 4.69) is 6.07 Å². The lowest BCUT2D eigenvalue weighted by Crippen LogP contribution is -2.11. The van der Waals surface area contributed by atoms with Crippen molar-refractivity contribution < 1.29 is 8.42 Å². The predicted octanol–water partition coefficient (Wildman–Crippen LogP) is 2.34. The van der Waals surface area contributed by atoms with Crippen molar-refractivity contribution in [2.24, 2.45) is 0 Å². The Bertz CT molecular complexity index is 723. The first-order valence-electron chi connectivity index (χ1n) is 6.25. The van der Waals surface area contributed by atoms with Crippen LogP contribution in [-0.4, -0.2) is 24.5 Å². The number of hydrogen-bond donors (Lipinski definition) is 0. The second-order valence-electron chi connectivity index (χ2n) is 4.48. The van der Waals surface area contributed by atoms with Crippen molar-refractivity contribution in [1.82, 2.24) is 4.57 Å². The Hall–Kier alpha value is -1.80. The maximum absolute atomic E-state index is 11.4. The Morgan fingerprint density at radius 1 is 1.32 bits per heavy atom. The summed E-state index contributed by atoms with van der Waals surface area (Å²) in [6, 6.07) is 9.63. The average Bonchev–Trinajstić information content (AvgIpc) is 2.81. The molecule has 0 aliphatic heterocycles. The molecule has 0 spiro atoms. The summed E-state index contributed by atoms with van der Waals surface area (Å²) in [6.45, 7) is 2.32. The van der Waals surface area contributed by atoms with E-state index in [9.17, 15) is 8.42 Å². The predicted molar refractivity (Wildman–Crippen MR) is 75.6 cm³/mol. The number of aromatic nitrogens is 1. The largest absolute Gasteiger partial charge is 0.347 e. The Balaban J connectivity index is 2.15. The molecule has 1 aromatic carbocycles. The van der Waals surface area contributed by atoms with Crippen molar-refractivity contribution in [3.8, 4) is 6.07 Å². The fraction of sp³-hybridized carbons (Fsp3) is 0.357. The van der Waals surface area contributed by atoms with E-state index < -0.39 is 9.84 Å². The third kappa shape index (κ3) is 3.15. The molecule has 19 heavy (non-hydrogen) atoms. The Kier molecular flexibility index (Phi) is 3.91. The highest BCUT2D eigenvalue weighted by molar-refractivity contribution is 7.91. The van der Waals surface area contributed by atoms with Crippen LogP contribution in [0.1, 0.15) is 18.9 Å². The van der Waals surface area contributed by atoms with Crippen LogP contribution in [0.15, 0.2) is 30.5 Å². The lowest BCUT2D eigenvalue weighted by molar-refractivity contribution is 0.589. The monoisotopic (exact) mass is 276 g/mol. The molecule has 0 fully saturated rings. The van der Waals surface area contributed by atoms with Crippen LogP contribution in [0, 0.1) is 11.3 Å². The lowest BCUT2D eigenvalue weighted by atomic mass is 10.2. The summed E-state index contributed by atoms with van der Waals surface area (Å²) in [7, 11) is -2.90. The number of rotatable bonds is 5. The maximum atomic E-state index is 11.4. The van der Waals surface area contributed by atoms with E-state index in [1.54, 1.807) is 13.0 Å². The fourth-order valence-corrected chi connectivity index (χ4v) is 2.91. The quantitative estimate of drug-likeness (QED) is 0.842. The van der Waals surface area contributed by atoms with E-state index in [-0.39, 0.29) is 11.5 Å². The van der Waals surface area contributed by atoms with Gasteiger partial charge in [-0.05, 0) is 30.0 Å². The van der Waals surface area contributed by atoms with Crippen LogP contribution in [0.3, 0.4) is 0 Å². The maximum Gasteiger partial charge on any atom is 0.150 e. The molecule has 0 amide bonds. The van der Waals surface area contributed by atoms with Crippen LogP contribution in [0.2, 0.25) is 0 Å². The van der Waals surface area contributed by atoms with Crippen molar-refractivity contribution in [3.05, 3.63) is 36.0 Å². The molecule has 4 nitrogen and oxygen atoms in total. The van der Waals surface area contributed by atoms with Gasteiger partial charge in [0.1, 0.15) is 9.84 Å². The van der Waals surface area contributed by atoms with Gasteiger partial charge in [-0.3, -0.25) is 0 Å². The van der Waals surface area contributed by atoms with E-state index in [4.69, 9.17) is 5.26 Å². The van der Waals surface area contributed by atoms with Gasteiger partial charge in [0.15, 0.2) is 0 Å². The van der Waals surface area contributed by atoms with E-state index >= 15 is 0 Å². The standard InChI is InChI=1S/C14H16N2O2S/c1-2-19(17,18)9-3-7-16-8-6-13-5-4-12(11-15)10-14(13)16/h4-6,8,10H,2-3,7,9H2,1H3. The van der Waals surface area contributed by atoms with Crippen LogP contribution >= 0.6 is 0 Å². The fourth-order valence-electron chi connectivity index (χ4n) is 2.05. The second-order valence-corrected chi connectivity index (χ2v) is 6.96. The number of aryl methyl sites for hydroxylation is 1. The van der Waals surface area contributed by atoms with E-state index in [0.29, 0.717) is 18.5 Å². The second kappa shape index (κ2) is 5.45. The van der Waals surface area contributed by atoms with Gasteiger partial charge in [0, 0.05) is 24.0 Å². The Labute approximate surface area is 113 Å². The minimum Gasteiger partial charge on any atom is -0.347 e. The van der Waals surface area contributed by atoms with Gasteiger partial charge >= 0.3 is 0 Å². The first-order chi connectivity index (χ1) is 9.05. The molecule has 0 N–H and O–H groups in total. The van der Waals surface area contributed by atoms with Crippen LogP contribution < -0.4 is 0 Å². The van der Waals surface area contributed by atoms with Crippen LogP contribution in [-0.2, 0) is 16.4 Å². The van der Waals surface area contributed by atoms with Crippen LogP contribution in [0.4, 0.5) is 0 Å². The van der Waals surface area contributed by atoms with Crippen molar-refractivity contribution in [2.45, 2.75) is 19.9 Å². The van der Waals surface area contributed by atoms with Crippen molar-refractivity contribution in [1.29, 1.82) is 5.26 Å². The molecule has 0 bridgehead atoms. The zero-order chi connectivity index (χ0) is 13.9. The first-order valence-corrected chi connectivity index (χ1v) is 8.07. The molecule has 0 saturated heterocycles. The van der Waals surface area contributed by atoms with Gasteiger partial charge in [-0.15, -0.1) is 0 Å². The molecule has 1 heterocycles. The molecule has 2 rings (SSSR count). The topological polar surface area (TPSA) is 62.9 Å². The highest BCUT2D eigenvalue weighted by atomic mass is 32.2. The van der Waals surface area contributed by atoms with Crippen molar-refractivity contribution >= 4 is 20.7 Å². The molecule has 0 aliphatic carbocycles. The molecule has 1 aromatic heterocycles. The molecule has 0 atom stereocenters. The Morgan fingerprint density at radius 3 is 2.79 bits per heavy atom. The van der Waals surface area contributed by atoms with Gasteiger partial charge in [-0.1, -0.05) is 13.0 Å². The molecule has 100 valence electrons. The summed E-state index contributed by atoms with van der Waals surface area (Å²) < 4.78 is 24.9. The SMILES string of the molecule is CCS(=O)(=O)CCCn1ccc2ccc(C#N)cc21. The molecular weight excluding hydrogens is 260 g/mol. The van der Waals surface area contributed by atoms with Crippen LogP contribution in [0.5, 0.6) is 0 Å². The lowest BCUT2D eigenvalue weighted by Gasteiger charge is -2.05. The molecule has 0 aliphatic rings. The average molecular weight is 276 g/mol. The molecule has 0 unspecified atom stereocenters. The van der Waals surface area contributed by atoms with Gasteiger partial charge in [0.2, 0.25) is 0 Å². The Morgan fingerprint density at radius 2 is 2.11 bits per heavy atom. The summed E-state index contributed by atoms with van der Waals surface area (Å²) in [5.41, 5.74) is 1.60. The smallest absolute Gasteiger partial charge is 0.150 e. The zero-order valence-electron chi connectivity index (χ0n) is 10.8. The van der Waals surface area contributed by atoms with E-state index in [1.807, 2.05) is 29.0 Å². The molecule has 0 radical (unpaired) electrons. The van der Waals surface area contributed by atoms with E-state index in [0.717, 1.165) is 10.9 Å². The number of hydrogen-bond acceptors (Lipinski definition) is 3. The number of nitrogens with zero attached hydrogens (tertiary/aromatic N) is 2. The van der Waals surface area contributed by atoms with Crippen LogP contribution in [0.25, 0.3) is 10.9 Å². The summed E-state index contributed by atoms with van der Waals surface area (Å²) in [4.78, 5) is 0.